The molecule has 0 aliphatic rings. The van der Waals surface area contributed by atoms with E-state index in [1.165, 1.54) is 13.3 Å². The maximum Gasteiger partial charge on any atom is 0.329 e. The highest BCUT2D eigenvalue weighted by atomic mass is 79.9. The van der Waals surface area contributed by atoms with Crippen LogP contribution in [-0.4, -0.2) is 45.4 Å². The molecule has 0 spiro atoms. The van der Waals surface area contributed by atoms with E-state index in [2.05, 4.69) is 31.8 Å². The molecule has 0 aliphatic heterocycles. The Morgan fingerprint density at radius 1 is 1.32 bits per heavy atom. The van der Waals surface area contributed by atoms with Gasteiger partial charge in [0.1, 0.15) is 5.75 Å². The van der Waals surface area contributed by atoms with Crippen molar-refractivity contribution in [2.45, 2.75) is 6.42 Å². The van der Waals surface area contributed by atoms with Gasteiger partial charge in [-0.15, -0.1) is 0 Å². The number of hydrazone groups is 1. The minimum Gasteiger partial charge on any atom is -0.496 e. The van der Waals surface area contributed by atoms with Gasteiger partial charge >= 0.3 is 11.8 Å². The molecule has 0 saturated heterocycles. The first-order valence-corrected chi connectivity index (χ1v) is 7.31. The largest absolute Gasteiger partial charge is 0.496 e. The third-order valence-electron chi connectivity index (χ3n) is 2.58. The van der Waals surface area contributed by atoms with Crippen LogP contribution in [0, 0.1) is 0 Å². The quantitative estimate of drug-likeness (QED) is 0.324. The van der Waals surface area contributed by atoms with Crippen LogP contribution in [0.3, 0.4) is 0 Å². The van der Waals surface area contributed by atoms with E-state index in [4.69, 9.17) is 9.47 Å². The summed E-state index contributed by atoms with van der Waals surface area (Å²) in [5, 5.41) is 6.21. The average Bonchev–Trinajstić information content (AvgIpc) is 2.51. The van der Waals surface area contributed by atoms with E-state index in [1.807, 2.05) is 6.07 Å². The molecular formula is C14H18BrN3O4. The second-order valence-corrected chi connectivity index (χ2v) is 5.10. The van der Waals surface area contributed by atoms with Gasteiger partial charge < -0.3 is 14.8 Å². The first-order valence-electron chi connectivity index (χ1n) is 6.52. The smallest absolute Gasteiger partial charge is 0.329 e. The van der Waals surface area contributed by atoms with Crippen molar-refractivity contribution in [1.29, 1.82) is 0 Å². The van der Waals surface area contributed by atoms with Gasteiger partial charge in [-0.1, -0.05) is 15.9 Å². The van der Waals surface area contributed by atoms with Gasteiger partial charge in [0.2, 0.25) is 0 Å². The van der Waals surface area contributed by atoms with Gasteiger partial charge in [-0.3, -0.25) is 9.59 Å². The highest BCUT2D eigenvalue weighted by Gasteiger charge is 2.11. The average molecular weight is 372 g/mol. The van der Waals surface area contributed by atoms with Gasteiger partial charge in [0.25, 0.3) is 0 Å². The topological polar surface area (TPSA) is 89.0 Å². The zero-order chi connectivity index (χ0) is 16.4. The lowest BCUT2D eigenvalue weighted by atomic mass is 10.2. The first-order chi connectivity index (χ1) is 10.6. The van der Waals surface area contributed by atoms with Crippen molar-refractivity contribution in [3.05, 3.63) is 28.2 Å². The summed E-state index contributed by atoms with van der Waals surface area (Å²) in [6.45, 7) is 0.881. The van der Waals surface area contributed by atoms with Gasteiger partial charge in [0.05, 0.1) is 13.3 Å². The molecule has 0 aliphatic carbocycles. The molecule has 2 N–H and O–H groups in total. The summed E-state index contributed by atoms with van der Waals surface area (Å²) < 4.78 is 10.8. The summed E-state index contributed by atoms with van der Waals surface area (Å²) in [6, 6.07) is 5.36. The molecule has 8 heteroatoms. The van der Waals surface area contributed by atoms with Crippen molar-refractivity contribution in [3.8, 4) is 5.75 Å². The highest BCUT2D eigenvalue weighted by molar-refractivity contribution is 9.10. The normalized spacial score (nSPS) is 10.5. The Morgan fingerprint density at radius 2 is 2.09 bits per heavy atom. The number of hydrogen-bond donors (Lipinski definition) is 2. The molecule has 1 aromatic rings. The summed E-state index contributed by atoms with van der Waals surface area (Å²) in [5.74, 6) is -0.970. The summed E-state index contributed by atoms with van der Waals surface area (Å²) in [4.78, 5) is 23.0. The van der Waals surface area contributed by atoms with Gasteiger partial charge in [-0.2, -0.15) is 5.10 Å². The molecule has 1 aromatic carbocycles. The van der Waals surface area contributed by atoms with Crippen molar-refractivity contribution in [3.63, 3.8) is 0 Å². The molecule has 7 nitrogen and oxygen atoms in total. The number of nitrogens with one attached hydrogen (secondary N) is 2. The van der Waals surface area contributed by atoms with Crippen LogP contribution in [0.25, 0.3) is 0 Å². The van der Waals surface area contributed by atoms with Crippen molar-refractivity contribution < 1.29 is 19.1 Å². The zero-order valence-electron chi connectivity index (χ0n) is 12.4. The van der Waals surface area contributed by atoms with Crippen molar-refractivity contribution in [2.75, 3.05) is 27.4 Å². The second-order valence-electron chi connectivity index (χ2n) is 4.19. The van der Waals surface area contributed by atoms with Gasteiger partial charge in [-0.05, 0) is 24.6 Å². The minimum absolute atomic E-state index is 0.364. The molecule has 0 bridgehead atoms. The number of rotatable bonds is 7. The summed E-state index contributed by atoms with van der Waals surface area (Å²) >= 11 is 3.33. The molecule has 0 heterocycles. The number of carbonyl (C=O) groups is 2. The Bertz CT molecular complexity index is 549. The predicted molar refractivity (Wildman–Crippen MR) is 85.9 cm³/mol. The van der Waals surface area contributed by atoms with Crippen LogP contribution in [0.4, 0.5) is 0 Å². The summed E-state index contributed by atoms with van der Waals surface area (Å²) in [7, 11) is 3.10. The number of benzene rings is 1. The number of nitrogens with zero attached hydrogens (tertiary/aromatic N) is 1. The third kappa shape index (κ3) is 6.23. The van der Waals surface area contributed by atoms with Crippen molar-refractivity contribution >= 4 is 34.0 Å². The number of hydrogen-bond acceptors (Lipinski definition) is 5. The zero-order valence-corrected chi connectivity index (χ0v) is 14.0. The molecule has 120 valence electrons. The first kappa shape index (κ1) is 18.1. The standard InChI is InChI=1S/C14H18BrN3O4/c1-21-7-3-6-16-13(19)14(20)18-17-9-10-8-11(15)4-5-12(10)22-2/h4-5,8-9H,3,6-7H2,1-2H3,(H,16,19)(H,18,20)/b17-9+. The summed E-state index contributed by atoms with van der Waals surface area (Å²) in [5.41, 5.74) is 2.82. The van der Waals surface area contributed by atoms with E-state index in [-0.39, 0.29) is 0 Å². The number of amides is 2. The molecular weight excluding hydrogens is 354 g/mol. The number of ether oxygens (including phenoxy) is 2. The molecule has 0 fully saturated rings. The molecule has 0 atom stereocenters. The Labute approximate surface area is 137 Å². The fraction of sp³-hybridized carbons (Fsp3) is 0.357. The fourth-order valence-electron chi connectivity index (χ4n) is 1.52. The monoisotopic (exact) mass is 371 g/mol. The van der Waals surface area contributed by atoms with E-state index in [0.717, 1.165) is 4.47 Å². The molecule has 0 saturated carbocycles. The SMILES string of the molecule is COCCCNC(=O)C(=O)N/N=C/c1cc(Br)ccc1OC. The molecule has 0 radical (unpaired) electrons. The number of carbonyl (C=O) groups excluding carboxylic acids is 2. The molecule has 2 amide bonds. The lowest BCUT2D eigenvalue weighted by molar-refractivity contribution is -0.139. The van der Waals surface area contributed by atoms with E-state index >= 15 is 0 Å². The lowest BCUT2D eigenvalue weighted by Gasteiger charge is -2.05. The van der Waals surface area contributed by atoms with Crippen LogP contribution in [-0.2, 0) is 14.3 Å². The lowest BCUT2D eigenvalue weighted by Crippen LogP contribution is -2.38. The third-order valence-corrected chi connectivity index (χ3v) is 3.07. The maximum absolute atomic E-state index is 11.5. The Hall–Kier alpha value is -1.93. The summed E-state index contributed by atoms with van der Waals surface area (Å²) in [6.07, 6.45) is 2.04. The molecule has 22 heavy (non-hydrogen) atoms. The highest BCUT2D eigenvalue weighted by Crippen LogP contribution is 2.21. The molecule has 0 unspecified atom stereocenters. The number of halogens is 1. The van der Waals surface area contributed by atoms with E-state index < -0.39 is 11.8 Å². The predicted octanol–water partition coefficient (Wildman–Crippen LogP) is 1.06. The van der Waals surface area contributed by atoms with Gasteiger partial charge in [0, 0.05) is 30.3 Å². The second kappa shape index (κ2) is 9.91. The van der Waals surface area contributed by atoms with Crippen LogP contribution < -0.4 is 15.5 Å². The van der Waals surface area contributed by atoms with Crippen LogP contribution in [0.15, 0.2) is 27.8 Å². The van der Waals surface area contributed by atoms with E-state index in [9.17, 15) is 9.59 Å². The fourth-order valence-corrected chi connectivity index (χ4v) is 1.89. The van der Waals surface area contributed by atoms with Gasteiger partial charge in [0.15, 0.2) is 0 Å². The van der Waals surface area contributed by atoms with Crippen molar-refractivity contribution in [1.82, 2.24) is 10.7 Å². The van der Waals surface area contributed by atoms with Crippen LogP contribution >= 0.6 is 15.9 Å². The van der Waals surface area contributed by atoms with Gasteiger partial charge in [-0.25, -0.2) is 5.43 Å². The van der Waals surface area contributed by atoms with Crippen molar-refractivity contribution in [2.24, 2.45) is 5.10 Å². The van der Waals surface area contributed by atoms with Crippen LogP contribution in [0.1, 0.15) is 12.0 Å². The van der Waals surface area contributed by atoms with E-state index in [1.54, 1.807) is 19.2 Å². The Kier molecular flexibility index (Phi) is 8.16. The van der Waals surface area contributed by atoms with Crippen LogP contribution in [0.5, 0.6) is 5.75 Å². The van der Waals surface area contributed by atoms with Crippen LogP contribution in [0.2, 0.25) is 0 Å². The molecule has 0 aromatic heterocycles. The molecule has 1 rings (SSSR count). The Morgan fingerprint density at radius 3 is 2.77 bits per heavy atom. The number of methoxy groups -OCH3 is 2. The van der Waals surface area contributed by atoms with E-state index in [0.29, 0.717) is 30.9 Å². The minimum atomic E-state index is -0.831. The Balaban J connectivity index is 2.49. The maximum atomic E-state index is 11.5.